The smallest absolute Gasteiger partial charge is 0.237 e. The third-order valence-corrected chi connectivity index (χ3v) is 5.96. The summed E-state index contributed by atoms with van der Waals surface area (Å²) in [4.78, 5) is 17.7. The first kappa shape index (κ1) is 20.1. The molecule has 0 aliphatic carbocycles. The molecule has 1 aromatic heterocycles. The number of benzene rings is 1. The van der Waals surface area contributed by atoms with Gasteiger partial charge in [-0.15, -0.1) is 0 Å². The van der Waals surface area contributed by atoms with Crippen molar-refractivity contribution in [1.29, 1.82) is 0 Å². The van der Waals surface area contributed by atoms with Gasteiger partial charge in [0.1, 0.15) is 5.76 Å². The van der Waals surface area contributed by atoms with Crippen LogP contribution in [-0.4, -0.2) is 61.1 Å². The minimum atomic E-state index is -0.0579. The topological polar surface area (TPSA) is 58.0 Å². The highest BCUT2D eigenvalue weighted by atomic mass is 16.5. The summed E-state index contributed by atoms with van der Waals surface area (Å²) in [6.07, 6.45) is 3.68. The average Bonchev–Trinajstić information content (AvgIpc) is 3.41. The number of rotatable bonds is 7. The summed E-state index contributed by atoms with van der Waals surface area (Å²) in [6.45, 7) is 7.60. The van der Waals surface area contributed by atoms with Crippen LogP contribution in [0.1, 0.15) is 35.8 Å². The number of hydrogen-bond donors (Lipinski definition) is 1. The maximum atomic E-state index is 13.0. The predicted molar refractivity (Wildman–Crippen MR) is 111 cm³/mol. The van der Waals surface area contributed by atoms with E-state index in [1.54, 1.807) is 6.26 Å². The number of aryl methyl sites for hydroxylation is 1. The molecule has 0 saturated carbocycles. The van der Waals surface area contributed by atoms with Crippen molar-refractivity contribution < 1.29 is 13.9 Å². The van der Waals surface area contributed by atoms with Crippen LogP contribution in [0.3, 0.4) is 0 Å². The molecule has 2 aliphatic rings. The monoisotopic (exact) mass is 397 g/mol. The molecule has 0 radical (unpaired) electrons. The maximum absolute atomic E-state index is 13.0. The molecule has 2 atom stereocenters. The van der Waals surface area contributed by atoms with Crippen LogP contribution in [-0.2, 0) is 16.1 Å². The molecule has 0 bridgehead atoms. The number of carbonyl (C=O) groups excluding carboxylic acids is 1. The van der Waals surface area contributed by atoms with Crippen molar-refractivity contribution in [2.75, 3.05) is 39.4 Å². The van der Waals surface area contributed by atoms with Crippen LogP contribution in [0.25, 0.3) is 0 Å². The molecule has 3 heterocycles. The van der Waals surface area contributed by atoms with Gasteiger partial charge in [0.05, 0.1) is 31.6 Å². The van der Waals surface area contributed by atoms with Crippen molar-refractivity contribution in [2.24, 2.45) is 0 Å². The largest absolute Gasteiger partial charge is 0.468 e. The third kappa shape index (κ3) is 5.07. The van der Waals surface area contributed by atoms with Gasteiger partial charge in [0.2, 0.25) is 5.91 Å². The molecule has 2 fully saturated rings. The normalized spacial score (nSPS) is 21.9. The van der Waals surface area contributed by atoms with Gasteiger partial charge in [0, 0.05) is 26.2 Å². The number of likely N-dealkylation sites (tertiary alicyclic amines) is 1. The Labute approximate surface area is 172 Å². The van der Waals surface area contributed by atoms with Gasteiger partial charge in [-0.3, -0.25) is 14.6 Å². The number of hydrogen-bond acceptors (Lipinski definition) is 5. The predicted octanol–water partition coefficient (Wildman–Crippen LogP) is 2.74. The van der Waals surface area contributed by atoms with Crippen molar-refractivity contribution in [2.45, 2.75) is 38.4 Å². The number of carbonyl (C=O) groups is 1. The van der Waals surface area contributed by atoms with Gasteiger partial charge in [-0.05, 0) is 44.0 Å². The fourth-order valence-corrected chi connectivity index (χ4v) is 4.45. The van der Waals surface area contributed by atoms with Crippen molar-refractivity contribution >= 4 is 5.91 Å². The number of morpholine rings is 1. The summed E-state index contributed by atoms with van der Waals surface area (Å²) >= 11 is 0. The summed E-state index contributed by atoms with van der Waals surface area (Å²) in [5, 5.41) is 3.21. The highest BCUT2D eigenvalue weighted by molar-refractivity contribution is 5.82. The molecule has 2 aliphatic heterocycles. The summed E-state index contributed by atoms with van der Waals surface area (Å²) in [5.41, 5.74) is 2.53. The molecule has 156 valence electrons. The first-order valence-electron chi connectivity index (χ1n) is 10.6. The van der Waals surface area contributed by atoms with E-state index in [2.05, 4.69) is 46.3 Å². The molecule has 1 aromatic carbocycles. The quantitative estimate of drug-likeness (QED) is 0.779. The zero-order valence-electron chi connectivity index (χ0n) is 17.2. The molecule has 6 heteroatoms. The lowest BCUT2D eigenvalue weighted by Gasteiger charge is -2.34. The lowest BCUT2D eigenvalue weighted by molar-refractivity contribution is -0.126. The summed E-state index contributed by atoms with van der Waals surface area (Å²) in [5.74, 6) is 1.02. The minimum Gasteiger partial charge on any atom is -0.468 e. The highest BCUT2D eigenvalue weighted by Crippen LogP contribution is 2.23. The Kier molecular flexibility index (Phi) is 6.64. The SMILES string of the molecule is Cc1cccc(CN2CCCC2C(=O)NCC(c2ccco2)N2CCOCC2)c1. The number of ether oxygens (including phenoxy) is 1. The Hall–Kier alpha value is -2.15. The highest BCUT2D eigenvalue weighted by Gasteiger charge is 2.32. The minimum absolute atomic E-state index is 0.0458. The van der Waals surface area contributed by atoms with E-state index in [1.807, 2.05) is 12.1 Å². The second-order valence-corrected chi connectivity index (χ2v) is 8.04. The van der Waals surface area contributed by atoms with Gasteiger partial charge < -0.3 is 14.5 Å². The van der Waals surface area contributed by atoms with E-state index in [1.165, 1.54) is 11.1 Å². The van der Waals surface area contributed by atoms with E-state index in [0.29, 0.717) is 6.54 Å². The average molecular weight is 398 g/mol. The summed E-state index contributed by atoms with van der Waals surface area (Å²) < 4.78 is 11.2. The van der Waals surface area contributed by atoms with E-state index < -0.39 is 0 Å². The lowest BCUT2D eigenvalue weighted by Crippen LogP contribution is -2.47. The van der Waals surface area contributed by atoms with Crippen LogP contribution >= 0.6 is 0 Å². The third-order valence-electron chi connectivity index (χ3n) is 5.96. The maximum Gasteiger partial charge on any atom is 0.237 e. The molecule has 1 amide bonds. The molecule has 2 unspecified atom stereocenters. The zero-order valence-corrected chi connectivity index (χ0v) is 17.2. The number of nitrogens with one attached hydrogen (secondary N) is 1. The second kappa shape index (κ2) is 9.57. The summed E-state index contributed by atoms with van der Waals surface area (Å²) in [6, 6.07) is 12.4. The van der Waals surface area contributed by atoms with Crippen LogP contribution in [0.15, 0.2) is 47.1 Å². The van der Waals surface area contributed by atoms with Crippen molar-refractivity contribution in [1.82, 2.24) is 15.1 Å². The fraction of sp³-hybridized carbons (Fsp3) is 0.522. The molecule has 2 aromatic rings. The fourth-order valence-electron chi connectivity index (χ4n) is 4.45. The van der Waals surface area contributed by atoms with Gasteiger partial charge in [0.25, 0.3) is 0 Å². The van der Waals surface area contributed by atoms with Gasteiger partial charge in [0.15, 0.2) is 0 Å². The molecular weight excluding hydrogens is 366 g/mol. The van der Waals surface area contributed by atoms with Crippen molar-refractivity contribution in [3.05, 3.63) is 59.5 Å². The van der Waals surface area contributed by atoms with Gasteiger partial charge in [-0.1, -0.05) is 29.8 Å². The Morgan fingerprint density at radius 1 is 1.21 bits per heavy atom. The molecular formula is C23H31N3O3. The number of nitrogens with zero attached hydrogens (tertiary/aromatic N) is 2. The molecule has 4 rings (SSSR count). The first-order valence-corrected chi connectivity index (χ1v) is 10.6. The Morgan fingerprint density at radius 2 is 2.07 bits per heavy atom. The molecule has 2 saturated heterocycles. The van der Waals surface area contributed by atoms with Gasteiger partial charge in [-0.2, -0.15) is 0 Å². The van der Waals surface area contributed by atoms with Gasteiger partial charge in [-0.25, -0.2) is 0 Å². The molecule has 6 nitrogen and oxygen atoms in total. The Bertz CT molecular complexity index is 786. The van der Waals surface area contributed by atoms with Crippen molar-refractivity contribution in [3.63, 3.8) is 0 Å². The van der Waals surface area contributed by atoms with E-state index in [4.69, 9.17) is 9.15 Å². The number of furan rings is 1. The van der Waals surface area contributed by atoms with Crippen LogP contribution in [0, 0.1) is 6.92 Å². The van der Waals surface area contributed by atoms with Gasteiger partial charge >= 0.3 is 0 Å². The molecule has 0 spiro atoms. The van der Waals surface area contributed by atoms with Crippen LogP contribution in [0.2, 0.25) is 0 Å². The standard InChI is InChI=1S/C23H31N3O3/c1-18-5-2-6-19(15-18)17-26-9-3-7-20(26)23(27)24-16-21(22-8-4-12-29-22)25-10-13-28-14-11-25/h2,4-6,8,12,15,20-21H,3,7,9-11,13-14,16-17H2,1H3,(H,24,27). The molecule has 29 heavy (non-hydrogen) atoms. The van der Waals surface area contributed by atoms with Crippen LogP contribution in [0.5, 0.6) is 0 Å². The second-order valence-electron chi connectivity index (χ2n) is 8.04. The van der Waals surface area contributed by atoms with E-state index in [0.717, 1.165) is 58.0 Å². The Balaban J connectivity index is 1.38. The van der Waals surface area contributed by atoms with E-state index >= 15 is 0 Å². The summed E-state index contributed by atoms with van der Waals surface area (Å²) in [7, 11) is 0. The van der Waals surface area contributed by atoms with Crippen molar-refractivity contribution in [3.8, 4) is 0 Å². The Morgan fingerprint density at radius 3 is 2.83 bits per heavy atom. The number of amides is 1. The van der Waals surface area contributed by atoms with E-state index in [-0.39, 0.29) is 18.0 Å². The first-order chi connectivity index (χ1) is 14.2. The molecule has 1 N–H and O–H groups in total. The van der Waals surface area contributed by atoms with Crippen LogP contribution < -0.4 is 5.32 Å². The van der Waals surface area contributed by atoms with Crippen LogP contribution in [0.4, 0.5) is 0 Å². The zero-order chi connectivity index (χ0) is 20.1. The van der Waals surface area contributed by atoms with E-state index in [9.17, 15) is 4.79 Å². The lowest BCUT2D eigenvalue weighted by atomic mass is 10.1.